The molecule has 0 aliphatic carbocycles. The van der Waals surface area contributed by atoms with Gasteiger partial charge in [0.1, 0.15) is 12.4 Å². The van der Waals surface area contributed by atoms with Crippen LogP contribution in [-0.2, 0) is 16.1 Å². The third-order valence-electron chi connectivity index (χ3n) is 6.54. The number of hydrogen-bond donors (Lipinski definition) is 0. The minimum Gasteiger partial charge on any atom is -0.445 e. The Morgan fingerprint density at radius 1 is 1.06 bits per heavy atom. The molecule has 0 N–H and O–H groups in total. The normalized spacial score (nSPS) is 14.9. The van der Waals surface area contributed by atoms with Crippen LogP contribution in [0.4, 0.5) is 9.18 Å². The minimum atomic E-state index is -0.432. The maximum Gasteiger partial charge on any atom is 0.410 e. The third-order valence-corrected chi connectivity index (χ3v) is 6.54. The largest absolute Gasteiger partial charge is 0.445 e. The molecule has 2 heterocycles. The Bertz CT molecular complexity index is 1150. The number of aryl methyl sites for hydroxylation is 1. The molecule has 6 nitrogen and oxygen atoms in total. The molecule has 1 aromatic heterocycles. The zero-order valence-electron chi connectivity index (χ0n) is 20.1. The first-order valence-corrected chi connectivity index (χ1v) is 11.8. The first-order valence-electron chi connectivity index (χ1n) is 11.8. The van der Waals surface area contributed by atoms with E-state index in [2.05, 4.69) is 4.98 Å². The predicted molar refractivity (Wildman–Crippen MR) is 131 cm³/mol. The summed E-state index contributed by atoms with van der Waals surface area (Å²) in [6, 6.07) is 19.1. The lowest BCUT2D eigenvalue weighted by molar-refractivity contribution is -0.137. The smallest absolute Gasteiger partial charge is 0.410 e. The van der Waals surface area contributed by atoms with Gasteiger partial charge in [-0.1, -0.05) is 48.5 Å². The lowest BCUT2D eigenvalue weighted by Gasteiger charge is -2.35. The Morgan fingerprint density at radius 2 is 1.74 bits per heavy atom. The Kier molecular flexibility index (Phi) is 7.75. The van der Waals surface area contributed by atoms with Gasteiger partial charge in [0.15, 0.2) is 0 Å². The van der Waals surface area contributed by atoms with Crippen LogP contribution in [0, 0.1) is 18.7 Å². The van der Waals surface area contributed by atoms with Gasteiger partial charge in [-0.05, 0) is 54.7 Å². The lowest BCUT2D eigenvalue weighted by atomic mass is 9.92. The highest BCUT2D eigenvalue weighted by atomic mass is 19.1. The fourth-order valence-corrected chi connectivity index (χ4v) is 4.53. The maximum absolute atomic E-state index is 13.6. The van der Waals surface area contributed by atoms with Gasteiger partial charge in [-0.15, -0.1) is 0 Å². The first kappa shape index (κ1) is 24.4. The number of ether oxygens (including phenoxy) is 1. The summed E-state index contributed by atoms with van der Waals surface area (Å²) in [6.07, 6.45) is 2.46. The highest BCUT2D eigenvalue weighted by molar-refractivity contribution is 5.80. The van der Waals surface area contributed by atoms with Crippen molar-refractivity contribution in [2.75, 3.05) is 20.1 Å². The van der Waals surface area contributed by atoms with E-state index < -0.39 is 6.04 Å². The quantitative estimate of drug-likeness (QED) is 0.496. The van der Waals surface area contributed by atoms with Crippen molar-refractivity contribution in [2.45, 2.75) is 32.4 Å². The van der Waals surface area contributed by atoms with Crippen molar-refractivity contribution >= 4 is 12.0 Å². The van der Waals surface area contributed by atoms with E-state index in [0.717, 1.165) is 22.4 Å². The van der Waals surface area contributed by atoms with Gasteiger partial charge < -0.3 is 14.5 Å². The molecule has 7 heteroatoms. The molecular formula is C28H30FN3O3. The van der Waals surface area contributed by atoms with Crippen molar-refractivity contribution in [3.8, 4) is 0 Å². The van der Waals surface area contributed by atoms with Gasteiger partial charge in [0, 0.05) is 32.3 Å². The van der Waals surface area contributed by atoms with Gasteiger partial charge in [-0.25, -0.2) is 9.18 Å². The Hall–Kier alpha value is -3.74. The molecule has 4 rings (SSSR count). The summed E-state index contributed by atoms with van der Waals surface area (Å²) in [6.45, 7) is 3.10. The molecule has 3 aromatic rings. The number of aromatic nitrogens is 1. The topological polar surface area (TPSA) is 62.7 Å². The van der Waals surface area contributed by atoms with Gasteiger partial charge in [0.05, 0.1) is 11.7 Å². The van der Waals surface area contributed by atoms with E-state index in [9.17, 15) is 14.0 Å². The van der Waals surface area contributed by atoms with Crippen LogP contribution in [0.2, 0.25) is 0 Å². The zero-order chi connectivity index (χ0) is 24.8. The van der Waals surface area contributed by atoms with Gasteiger partial charge >= 0.3 is 6.09 Å². The second-order valence-electron chi connectivity index (χ2n) is 8.91. The van der Waals surface area contributed by atoms with Crippen molar-refractivity contribution in [3.05, 3.63) is 101 Å². The minimum absolute atomic E-state index is 0.0123. The molecule has 0 radical (unpaired) electrons. The Balaban J connectivity index is 1.41. The van der Waals surface area contributed by atoms with Crippen molar-refractivity contribution in [1.82, 2.24) is 14.8 Å². The summed E-state index contributed by atoms with van der Waals surface area (Å²) >= 11 is 0. The number of rotatable bonds is 6. The van der Waals surface area contributed by atoms with Crippen LogP contribution < -0.4 is 0 Å². The SMILES string of the molecule is Cc1cccnc1C(c1ccc(F)cc1)N(C)C(=O)C1CCN(C(=O)OCc2ccccc2)CC1. The number of pyridine rings is 1. The van der Waals surface area contributed by atoms with Crippen LogP contribution in [0.5, 0.6) is 0 Å². The van der Waals surface area contributed by atoms with E-state index in [1.165, 1.54) is 12.1 Å². The molecule has 2 aromatic carbocycles. The maximum atomic E-state index is 13.6. The lowest BCUT2D eigenvalue weighted by Crippen LogP contribution is -2.44. The van der Waals surface area contributed by atoms with Crippen LogP contribution in [0.15, 0.2) is 72.9 Å². The molecule has 1 aliphatic rings. The fraction of sp³-hybridized carbons (Fsp3) is 0.321. The Labute approximate surface area is 205 Å². The van der Waals surface area contributed by atoms with Gasteiger partial charge in [-0.3, -0.25) is 9.78 Å². The van der Waals surface area contributed by atoms with Crippen molar-refractivity contribution in [2.24, 2.45) is 5.92 Å². The zero-order valence-corrected chi connectivity index (χ0v) is 20.1. The summed E-state index contributed by atoms with van der Waals surface area (Å²) < 4.78 is 19.0. The van der Waals surface area contributed by atoms with Crippen molar-refractivity contribution in [1.29, 1.82) is 0 Å². The van der Waals surface area contributed by atoms with Crippen LogP contribution in [-0.4, -0.2) is 46.9 Å². The molecule has 0 spiro atoms. The standard InChI is InChI=1S/C28H30FN3O3/c1-20-7-6-16-30-25(20)26(22-10-12-24(29)13-11-22)31(2)27(33)23-14-17-32(18-15-23)28(34)35-19-21-8-4-3-5-9-21/h3-13,16,23,26H,14-15,17-19H2,1-2H3. The van der Waals surface area contributed by atoms with E-state index in [4.69, 9.17) is 4.74 Å². The van der Waals surface area contributed by atoms with Gasteiger partial charge in [0.25, 0.3) is 0 Å². The second kappa shape index (κ2) is 11.1. The molecule has 0 saturated carbocycles. The fourth-order valence-electron chi connectivity index (χ4n) is 4.53. The van der Waals surface area contributed by atoms with Crippen LogP contribution in [0.1, 0.15) is 41.3 Å². The number of halogens is 1. The average molecular weight is 476 g/mol. The third kappa shape index (κ3) is 5.85. The van der Waals surface area contributed by atoms with Crippen LogP contribution >= 0.6 is 0 Å². The van der Waals surface area contributed by atoms with Crippen LogP contribution in [0.25, 0.3) is 0 Å². The number of likely N-dealkylation sites (tertiary alicyclic amines) is 1. The summed E-state index contributed by atoms with van der Waals surface area (Å²) in [5, 5.41) is 0. The number of nitrogens with zero attached hydrogens (tertiary/aromatic N) is 3. The van der Waals surface area contributed by atoms with E-state index in [1.54, 1.807) is 35.2 Å². The first-order chi connectivity index (χ1) is 16.9. The summed E-state index contributed by atoms with van der Waals surface area (Å²) in [5.41, 5.74) is 3.45. The number of hydrogen-bond acceptors (Lipinski definition) is 4. The van der Waals surface area contributed by atoms with Crippen molar-refractivity contribution < 1.29 is 18.7 Å². The molecule has 1 unspecified atom stereocenters. The van der Waals surface area contributed by atoms with Crippen LogP contribution in [0.3, 0.4) is 0 Å². The van der Waals surface area contributed by atoms with Gasteiger partial charge in [-0.2, -0.15) is 0 Å². The van der Waals surface area contributed by atoms with E-state index >= 15 is 0 Å². The molecule has 0 bridgehead atoms. The molecule has 1 saturated heterocycles. The van der Waals surface area contributed by atoms with Gasteiger partial charge in [0.2, 0.25) is 5.91 Å². The highest BCUT2D eigenvalue weighted by Crippen LogP contribution is 2.31. The number of benzene rings is 2. The Morgan fingerprint density at radius 3 is 2.40 bits per heavy atom. The number of carbonyl (C=O) groups is 2. The molecule has 182 valence electrons. The molecule has 2 amide bonds. The summed E-state index contributed by atoms with van der Waals surface area (Å²) in [5.74, 6) is -0.558. The van der Waals surface area contributed by atoms with E-state index in [0.29, 0.717) is 25.9 Å². The molecule has 35 heavy (non-hydrogen) atoms. The van der Waals surface area contributed by atoms with E-state index in [1.807, 2.05) is 49.4 Å². The number of amides is 2. The average Bonchev–Trinajstić information content (AvgIpc) is 2.89. The molecule has 1 aliphatic heterocycles. The second-order valence-corrected chi connectivity index (χ2v) is 8.91. The molecule has 1 atom stereocenters. The number of carbonyl (C=O) groups excluding carboxylic acids is 2. The molecular weight excluding hydrogens is 445 g/mol. The van der Waals surface area contributed by atoms with Crippen molar-refractivity contribution in [3.63, 3.8) is 0 Å². The van der Waals surface area contributed by atoms with E-state index in [-0.39, 0.29) is 30.3 Å². The molecule has 1 fully saturated rings. The summed E-state index contributed by atoms with van der Waals surface area (Å²) in [7, 11) is 1.77. The monoisotopic (exact) mass is 475 g/mol. The number of piperidine rings is 1. The predicted octanol–water partition coefficient (Wildman–Crippen LogP) is 5.13. The summed E-state index contributed by atoms with van der Waals surface area (Å²) in [4.78, 5) is 33.9. The highest BCUT2D eigenvalue weighted by Gasteiger charge is 2.34.